The molecule has 0 saturated heterocycles. The fourth-order valence-electron chi connectivity index (χ4n) is 1.02. The van der Waals surface area contributed by atoms with Gasteiger partial charge in [0.2, 0.25) is 0 Å². The van der Waals surface area contributed by atoms with E-state index < -0.39 is 23.2 Å². The Morgan fingerprint density at radius 2 is 2.20 bits per heavy atom. The van der Waals surface area contributed by atoms with E-state index in [1.165, 1.54) is 0 Å². The van der Waals surface area contributed by atoms with E-state index in [1.54, 1.807) is 0 Å². The maximum Gasteiger partial charge on any atom is 0.341 e. The predicted molar refractivity (Wildman–Crippen MR) is 46.2 cm³/mol. The number of halogens is 2. The van der Waals surface area contributed by atoms with Crippen molar-refractivity contribution in [1.82, 2.24) is 0 Å². The highest BCUT2D eigenvalue weighted by atomic mass is 19.1. The molecule has 0 bridgehead atoms. The molecule has 0 unspecified atom stereocenters. The summed E-state index contributed by atoms with van der Waals surface area (Å²) in [6.45, 7) is -0.358. The average molecular weight is 213 g/mol. The van der Waals surface area contributed by atoms with Gasteiger partial charge in [-0.15, -0.1) is 0 Å². The van der Waals surface area contributed by atoms with Gasteiger partial charge in [0.05, 0.1) is 6.54 Å². The van der Waals surface area contributed by atoms with Crippen molar-refractivity contribution < 1.29 is 18.7 Å². The second-order valence-electron chi connectivity index (χ2n) is 2.59. The van der Waals surface area contributed by atoms with Gasteiger partial charge in [0.25, 0.3) is 0 Å². The summed E-state index contributed by atoms with van der Waals surface area (Å²) in [7, 11) is 0. The van der Waals surface area contributed by atoms with Crippen LogP contribution in [0.3, 0.4) is 0 Å². The van der Waals surface area contributed by atoms with Crippen LogP contribution in [0.2, 0.25) is 0 Å². The summed E-state index contributed by atoms with van der Waals surface area (Å²) in [5.41, 5.74) is 6.80. The van der Waals surface area contributed by atoms with Crippen LogP contribution in [0.5, 0.6) is 0 Å². The number of azide groups is 1. The molecule has 78 valence electrons. The lowest BCUT2D eigenvalue weighted by Gasteiger charge is -2.03. The Morgan fingerprint density at radius 1 is 1.53 bits per heavy atom. The van der Waals surface area contributed by atoms with Crippen molar-refractivity contribution in [1.29, 1.82) is 0 Å². The Hall–Kier alpha value is -2.14. The topological polar surface area (TPSA) is 86.1 Å². The van der Waals surface area contributed by atoms with Gasteiger partial charge < -0.3 is 5.11 Å². The van der Waals surface area contributed by atoms with Crippen molar-refractivity contribution in [3.63, 3.8) is 0 Å². The molecule has 0 aliphatic carbocycles. The van der Waals surface area contributed by atoms with Crippen molar-refractivity contribution in [2.75, 3.05) is 0 Å². The Kier molecular flexibility index (Phi) is 3.20. The zero-order valence-corrected chi connectivity index (χ0v) is 7.31. The third kappa shape index (κ3) is 2.21. The van der Waals surface area contributed by atoms with Crippen molar-refractivity contribution in [2.45, 2.75) is 6.54 Å². The highest BCUT2D eigenvalue weighted by molar-refractivity contribution is 5.88. The molecule has 5 nitrogen and oxygen atoms in total. The van der Waals surface area contributed by atoms with Crippen LogP contribution in [0.4, 0.5) is 8.78 Å². The van der Waals surface area contributed by atoms with Gasteiger partial charge in [0, 0.05) is 4.91 Å². The summed E-state index contributed by atoms with van der Waals surface area (Å²) in [5, 5.41) is 11.6. The first-order chi connectivity index (χ1) is 7.07. The van der Waals surface area contributed by atoms with E-state index in [4.69, 9.17) is 10.6 Å². The van der Waals surface area contributed by atoms with Crippen molar-refractivity contribution >= 4 is 5.97 Å². The minimum Gasteiger partial charge on any atom is -0.477 e. The van der Waals surface area contributed by atoms with E-state index in [9.17, 15) is 13.6 Å². The Bertz CT molecular complexity index is 455. The van der Waals surface area contributed by atoms with Crippen LogP contribution >= 0.6 is 0 Å². The zero-order chi connectivity index (χ0) is 11.4. The molecule has 15 heavy (non-hydrogen) atoms. The largest absolute Gasteiger partial charge is 0.477 e. The second-order valence-corrected chi connectivity index (χ2v) is 2.59. The van der Waals surface area contributed by atoms with E-state index in [2.05, 4.69) is 10.0 Å². The number of nitrogens with zero attached hydrogens (tertiary/aromatic N) is 3. The highest BCUT2D eigenvalue weighted by Crippen LogP contribution is 2.17. The lowest BCUT2D eigenvalue weighted by molar-refractivity contribution is 0.0686. The van der Waals surface area contributed by atoms with Gasteiger partial charge in [-0.25, -0.2) is 13.6 Å². The van der Waals surface area contributed by atoms with Gasteiger partial charge >= 0.3 is 5.97 Å². The molecule has 1 aromatic carbocycles. The molecule has 0 heterocycles. The summed E-state index contributed by atoms with van der Waals surface area (Å²) in [6, 6.07) is 1.85. The monoisotopic (exact) mass is 213 g/mol. The molecule has 7 heteroatoms. The van der Waals surface area contributed by atoms with Gasteiger partial charge in [0.15, 0.2) is 0 Å². The van der Waals surface area contributed by atoms with Crippen LogP contribution in [-0.2, 0) is 6.54 Å². The summed E-state index contributed by atoms with van der Waals surface area (Å²) in [5.74, 6) is -4.08. The van der Waals surface area contributed by atoms with Crippen molar-refractivity contribution in [3.8, 4) is 0 Å². The number of hydrogen-bond acceptors (Lipinski definition) is 2. The molecule has 0 radical (unpaired) electrons. The normalized spacial score (nSPS) is 9.47. The van der Waals surface area contributed by atoms with Crippen molar-refractivity contribution in [3.05, 3.63) is 45.3 Å². The van der Waals surface area contributed by atoms with Gasteiger partial charge in [0.1, 0.15) is 17.2 Å². The summed E-state index contributed by atoms with van der Waals surface area (Å²) < 4.78 is 26.2. The molecular weight excluding hydrogens is 208 g/mol. The van der Waals surface area contributed by atoms with E-state index in [0.29, 0.717) is 0 Å². The van der Waals surface area contributed by atoms with Crippen LogP contribution in [-0.4, -0.2) is 11.1 Å². The SMILES string of the molecule is [N-]=[N+]=NCc1ccc(F)c(C(=O)O)c1F. The standard InChI is InChI=1S/C8H5F2N3O2/c9-5-2-1-4(3-12-13-11)7(10)6(5)8(14)15/h1-2H,3H2,(H,14,15). The molecule has 0 spiro atoms. The average Bonchev–Trinajstić information content (AvgIpc) is 2.16. The maximum absolute atomic E-state index is 13.3. The van der Waals surface area contributed by atoms with E-state index in [0.717, 1.165) is 12.1 Å². The minimum atomic E-state index is -1.70. The van der Waals surface area contributed by atoms with Crippen molar-refractivity contribution in [2.24, 2.45) is 5.11 Å². The van der Waals surface area contributed by atoms with Gasteiger partial charge in [-0.3, -0.25) is 0 Å². The lowest BCUT2D eigenvalue weighted by Crippen LogP contribution is -2.07. The van der Waals surface area contributed by atoms with Gasteiger partial charge in [-0.05, 0) is 17.2 Å². The number of carboxylic acid groups (broad SMARTS) is 1. The molecule has 0 amide bonds. The molecule has 0 fully saturated rings. The van der Waals surface area contributed by atoms with Gasteiger partial charge in [-0.1, -0.05) is 11.2 Å². The highest BCUT2D eigenvalue weighted by Gasteiger charge is 2.18. The Balaban J connectivity index is 3.27. The summed E-state index contributed by atoms with van der Waals surface area (Å²) in [4.78, 5) is 12.9. The van der Waals surface area contributed by atoms with E-state index >= 15 is 0 Å². The molecule has 1 N–H and O–H groups in total. The molecule has 1 aromatic rings. The Morgan fingerprint density at radius 3 is 2.73 bits per heavy atom. The predicted octanol–water partition coefficient (Wildman–Crippen LogP) is 2.47. The number of aromatic carboxylic acids is 1. The van der Waals surface area contributed by atoms with Crippen LogP contribution in [0.15, 0.2) is 17.2 Å². The number of carbonyl (C=O) groups is 1. The molecule has 0 aliphatic rings. The first-order valence-electron chi connectivity index (χ1n) is 3.79. The van der Waals surface area contributed by atoms with Gasteiger partial charge in [-0.2, -0.15) is 0 Å². The van der Waals surface area contributed by atoms with Crippen LogP contribution in [0, 0.1) is 11.6 Å². The maximum atomic E-state index is 13.3. The quantitative estimate of drug-likeness (QED) is 0.475. The minimum absolute atomic E-state index is 0.161. The molecular formula is C8H5F2N3O2. The lowest BCUT2D eigenvalue weighted by atomic mass is 10.1. The molecule has 0 atom stereocenters. The number of hydrogen-bond donors (Lipinski definition) is 1. The molecule has 1 rings (SSSR count). The third-order valence-corrected chi connectivity index (χ3v) is 1.69. The fourth-order valence-corrected chi connectivity index (χ4v) is 1.02. The molecule has 0 saturated carbocycles. The summed E-state index contributed by atoms with van der Waals surface area (Å²) in [6.07, 6.45) is 0. The Labute approximate surface area is 82.6 Å². The molecule has 0 aromatic heterocycles. The number of carboxylic acids is 1. The number of rotatable bonds is 3. The summed E-state index contributed by atoms with van der Waals surface area (Å²) >= 11 is 0. The fraction of sp³-hybridized carbons (Fsp3) is 0.125. The first-order valence-corrected chi connectivity index (χ1v) is 3.79. The van der Waals surface area contributed by atoms with E-state index in [-0.39, 0.29) is 12.1 Å². The third-order valence-electron chi connectivity index (χ3n) is 1.69. The smallest absolute Gasteiger partial charge is 0.341 e. The zero-order valence-electron chi connectivity index (χ0n) is 7.31. The molecule has 0 aliphatic heterocycles. The van der Waals surface area contributed by atoms with Crippen LogP contribution < -0.4 is 0 Å². The number of benzene rings is 1. The second kappa shape index (κ2) is 4.39. The van der Waals surface area contributed by atoms with Crippen LogP contribution in [0.1, 0.15) is 15.9 Å². The van der Waals surface area contributed by atoms with Crippen LogP contribution in [0.25, 0.3) is 10.4 Å². The first kappa shape index (κ1) is 10.9. The van der Waals surface area contributed by atoms with E-state index in [1.807, 2.05) is 0 Å².